The van der Waals surface area contributed by atoms with Crippen molar-refractivity contribution in [1.29, 1.82) is 0 Å². The van der Waals surface area contributed by atoms with Crippen molar-refractivity contribution < 1.29 is 9.53 Å². The Balaban J connectivity index is 1.72. The van der Waals surface area contributed by atoms with Crippen molar-refractivity contribution in [2.75, 3.05) is 6.61 Å². The van der Waals surface area contributed by atoms with Crippen molar-refractivity contribution in [2.45, 2.75) is 46.6 Å². The molecule has 2 rings (SSSR count). The molecule has 0 aromatic heterocycles. The summed E-state index contributed by atoms with van der Waals surface area (Å²) < 4.78 is 5.65. The third-order valence-corrected chi connectivity index (χ3v) is 4.25. The molecular weight excluding hydrogens is 298 g/mol. The van der Waals surface area contributed by atoms with E-state index in [9.17, 15) is 4.79 Å². The van der Waals surface area contributed by atoms with Gasteiger partial charge < -0.3 is 10.1 Å². The van der Waals surface area contributed by atoms with Crippen LogP contribution in [0, 0.1) is 20.8 Å². The zero-order valence-electron chi connectivity index (χ0n) is 15.1. The van der Waals surface area contributed by atoms with Crippen molar-refractivity contribution in [3.63, 3.8) is 0 Å². The fourth-order valence-corrected chi connectivity index (χ4v) is 2.49. The number of nitrogens with one attached hydrogen (secondary N) is 1. The highest BCUT2D eigenvalue weighted by atomic mass is 16.5. The average molecular weight is 325 g/mol. The van der Waals surface area contributed by atoms with Crippen LogP contribution in [0.15, 0.2) is 42.5 Å². The lowest BCUT2D eigenvalue weighted by Gasteiger charge is -2.16. The van der Waals surface area contributed by atoms with Crippen molar-refractivity contribution >= 4 is 5.91 Å². The van der Waals surface area contributed by atoms with Gasteiger partial charge in [-0.05, 0) is 62.9 Å². The van der Waals surface area contributed by atoms with Gasteiger partial charge in [-0.15, -0.1) is 0 Å². The van der Waals surface area contributed by atoms with Crippen LogP contribution >= 0.6 is 0 Å². The van der Waals surface area contributed by atoms with Gasteiger partial charge in [-0.3, -0.25) is 4.79 Å². The molecule has 3 heteroatoms. The van der Waals surface area contributed by atoms with Crippen LogP contribution in [0.3, 0.4) is 0 Å². The molecule has 1 amide bonds. The maximum absolute atomic E-state index is 12.1. The van der Waals surface area contributed by atoms with E-state index < -0.39 is 0 Å². The molecule has 0 aliphatic carbocycles. The van der Waals surface area contributed by atoms with Crippen LogP contribution in [0.4, 0.5) is 0 Å². The quantitative estimate of drug-likeness (QED) is 0.753. The maximum Gasteiger partial charge on any atom is 0.220 e. The summed E-state index contributed by atoms with van der Waals surface area (Å²) in [5, 5.41) is 3.05. The zero-order valence-corrected chi connectivity index (χ0v) is 15.1. The zero-order chi connectivity index (χ0) is 17.5. The molecule has 1 unspecified atom stereocenters. The molecule has 24 heavy (non-hydrogen) atoms. The first-order valence-corrected chi connectivity index (χ1v) is 8.51. The lowest BCUT2D eigenvalue weighted by molar-refractivity contribution is -0.121. The predicted molar refractivity (Wildman–Crippen MR) is 98.4 cm³/mol. The van der Waals surface area contributed by atoms with Gasteiger partial charge in [0, 0.05) is 6.42 Å². The average Bonchev–Trinajstić information content (AvgIpc) is 2.55. The second-order valence-corrected chi connectivity index (χ2v) is 6.40. The highest BCUT2D eigenvalue weighted by Gasteiger charge is 2.10. The van der Waals surface area contributed by atoms with Crippen molar-refractivity contribution in [2.24, 2.45) is 0 Å². The topological polar surface area (TPSA) is 38.3 Å². The minimum absolute atomic E-state index is 0.0230. The first-order chi connectivity index (χ1) is 11.5. The van der Waals surface area contributed by atoms with E-state index in [0.717, 1.165) is 11.3 Å². The van der Waals surface area contributed by atoms with Crippen LogP contribution < -0.4 is 10.1 Å². The first-order valence-electron chi connectivity index (χ1n) is 8.51. The van der Waals surface area contributed by atoms with E-state index in [0.29, 0.717) is 19.4 Å². The molecule has 2 aromatic rings. The molecule has 1 atom stereocenters. The second-order valence-electron chi connectivity index (χ2n) is 6.40. The number of ether oxygens (including phenoxy) is 1. The smallest absolute Gasteiger partial charge is 0.220 e. The number of rotatable bonds is 7. The Bertz CT molecular complexity index is 677. The lowest BCUT2D eigenvalue weighted by Crippen LogP contribution is -2.26. The van der Waals surface area contributed by atoms with Crippen molar-refractivity contribution in [1.82, 2.24) is 5.32 Å². The van der Waals surface area contributed by atoms with Crippen LogP contribution in [0.5, 0.6) is 5.75 Å². The van der Waals surface area contributed by atoms with Crippen LogP contribution in [0.25, 0.3) is 0 Å². The summed E-state index contributed by atoms with van der Waals surface area (Å²) in [6, 6.07) is 14.3. The summed E-state index contributed by atoms with van der Waals surface area (Å²) in [5.41, 5.74) is 4.87. The number of hydrogen-bond donors (Lipinski definition) is 1. The normalized spacial score (nSPS) is 11.8. The molecule has 0 saturated heterocycles. The van der Waals surface area contributed by atoms with Gasteiger partial charge in [0.05, 0.1) is 12.6 Å². The molecule has 0 aliphatic rings. The standard InChI is InChI=1S/C21H27NO2/c1-15-7-11-20(12-8-15)24-13-5-6-21(23)22-18(4)19-10-9-16(2)17(3)14-19/h7-12,14,18H,5-6,13H2,1-4H3,(H,22,23). The van der Waals surface area contributed by atoms with Crippen LogP contribution in [-0.2, 0) is 4.79 Å². The predicted octanol–water partition coefficient (Wildman–Crippen LogP) is 4.65. The highest BCUT2D eigenvalue weighted by Crippen LogP contribution is 2.17. The van der Waals surface area contributed by atoms with Gasteiger partial charge in [0.2, 0.25) is 5.91 Å². The number of aryl methyl sites for hydroxylation is 3. The summed E-state index contributed by atoms with van der Waals surface area (Å²) in [4.78, 5) is 12.1. The van der Waals surface area contributed by atoms with Crippen LogP contribution in [0.1, 0.15) is 48.1 Å². The molecular formula is C21H27NO2. The number of amides is 1. The van der Waals surface area contributed by atoms with Gasteiger partial charge in [-0.2, -0.15) is 0 Å². The Morgan fingerprint density at radius 2 is 1.75 bits per heavy atom. The number of hydrogen-bond acceptors (Lipinski definition) is 2. The molecule has 0 aliphatic heterocycles. The van der Waals surface area contributed by atoms with Gasteiger partial charge in [0.1, 0.15) is 5.75 Å². The third kappa shape index (κ3) is 5.41. The molecule has 0 spiro atoms. The highest BCUT2D eigenvalue weighted by molar-refractivity contribution is 5.76. The van der Waals surface area contributed by atoms with Crippen LogP contribution in [0.2, 0.25) is 0 Å². The molecule has 0 radical (unpaired) electrons. The van der Waals surface area contributed by atoms with E-state index in [-0.39, 0.29) is 11.9 Å². The first kappa shape index (κ1) is 18.1. The molecule has 0 saturated carbocycles. The molecule has 1 N–H and O–H groups in total. The minimum Gasteiger partial charge on any atom is -0.494 e. The van der Waals surface area contributed by atoms with E-state index in [2.05, 4.69) is 37.4 Å². The van der Waals surface area contributed by atoms with Gasteiger partial charge in [0.15, 0.2) is 0 Å². The number of carbonyl (C=O) groups excluding carboxylic acids is 1. The fraction of sp³-hybridized carbons (Fsp3) is 0.381. The van der Waals surface area contributed by atoms with Crippen molar-refractivity contribution in [3.05, 3.63) is 64.7 Å². The molecule has 3 nitrogen and oxygen atoms in total. The van der Waals surface area contributed by atoms with E-state index in [1.165, 1.54) is 16.7 Å². The van der Waals surface area contributed by atoms with Crippen LogP contribution in [-0.4, -0.2) is 12.5 Å². The maximum atomic E-state index is 12.1. The Kier molecular flexibility index (Phi) is 6.42. The molecule has 128 valence electrons. The molecule has 0 bridgehead atoms. The lowest BCUT2D eigenvalue weighted by atomic mass is 10.0. The molecule has 0 fully saturated rings. The largest absolute Gasteiger partial charge is 0.494 e. The fourth-order valence-electron chi connectivity index (χ4n) is 2.49. The Morgan fingerprint density at radius 3 is 2.42 bits per heavy atom. The summed E-state index contributed by atoms with van der Waals surface area (Å²) in [6.45, 7) is 8.80. The second kappa shape index (κ2) is 8.53. The van der Waals surface area contributed by atoms with Gasteiger partial charge in [0.25, 0.3) is 0 Å². The number of benzene rings is 2. The van der Waals surface area contributed by atoms with E-state index in [1.54, 1.807) is 0 Å². The summed E-state index contributed by atoms with van der Waals surface area (Å²) >= 11 is 0. The van der Waals surface area contributed by atoms with E-state index in [4.69, 9.17) is 4.74 Å². The van der Waals surface area contributed by atoms with Crippen molar-refractivity contribution in [3.8, 4) is 5.75 Å². The minimum atomic E-state index is 0.0230. The molecule has 2 aromatic carbocycles. The Hall–Kier alpha value is -2.29. The monoisotopic (exact) mass is 325 g/mol. The van der Waals surface area contributed by atoms with E-state index in [1.807, 2.05) is 38.1 Å². The molecule has 0 heterocycles. The van der Waals surface area contributed by atoms with E-state index >= 15 is 0 Å². The number of carbonyl (C=O) groups is 1. The Labute approximate surface area is 145 Å². The SMILES string of the molecule is Cc1ccc(OCCCC(=O)NC(C)c2ccc(C)c(C)c2)cc1. The third-order valence-electron chi connectivity index (χ3n) is 4.25. The van der Waals surface area contributed by atoms with Gasteiger partial charge in [-0.25, -0.2) is 0 Å². The summed E-state index contributed by atoms with van der Waals surface area (Å²) in [5.74, 6) is 0.915. The Morgan fingerprint density at radius 1 is 1.04 bits per heavy atom. The summed E-state index contributed by atoms with van der Waals surface area (Å²) in [6.07, 6.45) is 1.18. The van der Waals surface area contributed by atoms with Gasteiger partial charge >= 0.3 is 0 Å². The van der Waals surface area contributed by atoms with Gasteiger partial charge in [-0.1, -0.05) is 35.9 Å². The summed E-state index contributed by atoms with van der Waals surface area (Å²) in [7, 11) is 0.